The lowest BCUT2D eigenvalue weighted by molar-refractivity contribution is -0.136. The molecule has 0 rings (SSSR count). The number of nitrogens with zero attached hydrogens (tertiary/aromatic N) is 1. The predicted octanol–water partition coefficient (Wildman–Crippen LogP) is -2.53. The number of rotatable bonds is 7. The fourth-order valence-electron chi connectivity index (χ4n) is 0.373. The van der Waals surface area contributed by atoms with Gasteiger partial charge in [0.05, 0.1) is 6.42 Å². The summed E-state index contributed by atoms with van der Waals surface area (Å²) in [4.78, 5) is 9.99. The van der Waals surface area contributed by atoms with Crippen LogP contribution in [0, 0.1) is 0 Å². The largest absolute Gasteiger partial charge is 0.481 e. The zero-order valence-corrected chi connectivity index (χ0v) is 6.37. The Morgan fingerprint density at radius 1 is 1.67 bits per heavy atom. The lowest BCUT2D eigenvalue weighted by atomic mass is 10.4. The highest BCUT2D eigenvalue weighted by molar-refractivity contribution is 5.66. The Hall–Kier alpha value is -1.38. The van der Waals surface area contributed by atoms with Gasteiger partial charge in [-0.1, -0.05) is 0 Å². The minimum absolute atomic E-state index is 0.0328. The van der Waals surface area contributed by atoms with Crippen molar-refractivity contribution in [2.45, 2.75) is 6.42 Å². The summed E-state index contributed by atoms with van der Waals surface area (Å²) >= 11 is 0. The summed E-state index contributed by atoms with van der Waals surface area (Å²) in [5, 5.41) is 11.7. The molecule has 8 nitrogen and oxygen atoms in total. The molecule has 8 heteroatoms. The second-order valence-electron chi connectivity index (χ2n) is 1.73. The fraction of sp³-hybridized carbons (Fsp3) is 0.500. The summed E-state index contributed by atoms with van der Waals surface area (Å²) in [5.41, 5.74) is 9.39. The number of nitrogens with two attached hydrogens (primary N) is 1. The van der Waals surface area contributed by atoms with E-state index in [0.717, 1.165) is 0 Å². The first-order valence-electron chi connectivity index (χ1n) is 3.19. The van der Waals surface area contributed by atoms with Crippen molar-refractivity contribution in [3.63, 3.8) is 0 Å². The summed E-state index contributed by atoms with van der Waals surface area (Å²) in [7, 11) is 0. The minimum Gasteiger partial charge on any atom is -0.481 e. The molecular weight excluding hydrogens is 164 g/mol. The lowest BCUT2D eigenvalue weighted by Gasteiger charge is -2.00. The number of aliphatic carboxylic acids is 1. The third-order valence-electron chi connectivity index (χ3n) is 0.820. The van der Waals surface area contributed by atoms with Crippen LogP contribution in [-0.4, -0.2) is 24.0 Å². The Morgan fingerprint density at radius 2 is 2.42 bits per heavy atom. The van der Waals surface area contributed by atoms with Gasteiger partial charge in [-0.3, -0.25) is 16.1 Å². The van der Waals surface area contributed by atoms with Crippen molar-refractivity contribution < 1.29 is 9.90 Å². The van der Waals surface area contributed by atoms with Crippen molar-refractivity contribution in [3.05, 3.63) is 0 Å². The molecule has 0 aliphatic carbocycles. The number of carbonyl (C=O) groups is 1. The van der Waals surface area contributed by atoms with Crippen LogP contribution in [0.1, 0.15) is 6.42 Å². The van der Waals surface area contributed by atoms with Crippen molar-refractivity contribution in [1.82, 2.24) is 21.9 Å². The second-order valence-corrected chi connectivity index (χ2v) is 1.73. The normalized spacial score (nSPS) is 10.1. The van der Waals surface area contributed by atoms with Crippen LogP contribution < -0.4 is 27.8 Å². The van der Waals surface area contributed by atoms with E-state index < -0.39 is 5.97 Å². The Bertz CT molecular complexity index is 148. The van der Waals surface area contributed by atoms with Crippen LogP contribution >= 0.6 is 0 Å². The zero-order chi connectivity index (χ0) is 9.23. The Labute approximate surface area is 69.1 Å². The van der Waals surface area contributed by atoms with E-state index in [0.29, 0.717) is 6.54 Å². The second kappa shape index (κ2) is 7.72. The first-order valence-corrected chi connectivity index (χ1v) is 3.19. The average molecular weight is 176 g/mol. The van der Waals surface area contributed by atoms with E-state index in [4.69, 9.17) is 10.9 Å². The molecule has 0 radical (unpaired) electrons. The molecule has 0 aromatic heterocycles. The smallest absolute Gasteiger partial charge is 0.304 e. The monoisotopic (exact) mass is 176 g/mol. The van der Waals surface area contributed by atoms with Crippen molar-refractivity contribution in [1.29, 1.82) is 0 Å². The van der Waals surface area contributed by atoms with Gasteiger partial charge in [0.1, 0.15) is 6.34 Å². The maximum atomic E-state index is 9.99. The molecule has 0 aliphatic rings. The summed E-state index contributed by atoms with van der Waals surface area (Å²) in [6.07, 6.45) is 1.29. The van der Waals surface area contributed by atoms with Crippen LogP contribution in [-0.2, 0) is 4.79 Å². The summed E-state index contributed by atoms with van der Waals surface area (Å²) < 4.78 is 0. The van der Waals surface area contributed by atoms with E-state index in [9.17, 15) is 4.79 Å². The standard InChI is InChI=1S/C4H12N6O2/c5-9-7-3-8-10-6-2-1-4(11)12/h3,6,9-10H,1-2,5H2,(H,7,8)(H,11,12). The number of hydrogen-bond donors (Lipinski definition) is 6. The zero-order valence-electron chi connectivity index (χ0n) is 6.37. The SMILES string of the molecule is NNNC=NNNCCC(=O)O. The van der Waals surface area contributed by atoms with Gasteiger partial charge in [0.15, 0.2) is 0 Å². The number of carboxylic acids is 1. The molecule has 0 saturated heterocycles. The highest BCUT2D eigenvalue weighted by atomic mass is 16.4. The van der Waals surface area contributed by atoms with Crippen LogP contribution in [0.4, 0.5) is 0 Å². The van der Waals surface area contributed by atoms with Gasteiger partial charge in [-0.2, -0.15) is 10.6 Å². The number of hydrazine groups is 3. The summed E-state index contributed by atoms with van der Waals surface area (Å²) in [6, 6.07) is 0. The number of hydrogen-bond acceptors (Lipinski definition) is 6. The van der Waals surface area contributed by atoms with Crippen LogP contribution in [0.3, 0.4) is 0 Å². The molecule has 0 aromatic rings. The van der Waals surface area contributed by atoms with Crippen molar-refractivity contribution in [3.8, 4) is 0 Å². The van der Waals surface area contributed by atoms with E-state index in [2.05, 4.69) is 27.0 Å². The van der Waals surface area contributed by atoms with Crippen molar-refractivity contribution in [2.75, 3.05) is 6.54 Å². The number of hydrazone groups is 1. The van der Waals surface area contributed by atoms with Gasteiger partial charge < -0.3 is 5.11 Å². The molecule has 0 atom stereocenters. The lowest BCUT2D eigenvalue weighted by Crippen LogP contribution is -2.38. The first kappa shape index (κ1) is 10.6. The van der Waals surface area contributed by atoms with E-state index in [1.54, 1.807) is 0 Å². The third kappa shape index (κ3) is 8.62. The molecule has 7 N–H and O–H groups in total. The van der Waals surface area contributed by atoms with E-state index in [-0.39, 0.29) is 6.42 Å². The molecule has 0 aromatic carbocycles. The third-order valence-corrected chi connectivity index (χ3v) is 0.820. The van der Waals surface area contributed by atoms with Crippen molar-refractivity contribution in [2.24, 2.45) is 10.9 Å². The quantitative estimate of drug-likeness (QED) is 0.0830. The summed E-state index contributed by atoms with van der Waals surface area (Å²) in [5.74, 6) is 3.97. The maximum absolute atomic E-state index is 9.99. The molecule has 70 valence electrons. The molecule has 0 aliphatic heterocycles. The van der Waals surface area contributed by atoms with Crippen LogP contribution in [0.2, 0.25) is 0 Å². The predicted molar refractivity (Wildman–Crippen MR) is 42.3 cm³/mol. The summed E-state index contributed by atoms with van der Waals surface area (Å²) in [6.45, 7) is 0.294. The van der Waals surface area contributed by atoms with Crippen LogP contribution in [0.15, 0.2) is 5.10 Å². The van der Waals surface area contributed by atoms with Crippen LogP contribution in [0.5, 0.6) is 0 Å². The minimum atomic E-state index is -0.866. The Kier molecular flexibility index (Phi) is 6.84. The molecule has 12 heavy (non-hydrogen) atoms. The number of carboxylic acid groups (broad SMARTS) is 1. The fourth-order valence-corrected chi connectivity index (χ4v) is 0.373. The van der Waals surface area contributed by atoms with Crippen LogP contribution in [0.25, 0.3) is 0 Å². The Balaban J connectivity index is 3.05. The van der Waals surface area contributed by atoms with E-state index in [1.165, 1.54) is 6.34 Å². The molecule has 0 unspecified atom stereocenters. The van der Waals surface area contributed by atoms with Crippen molar-refractivity contribution >= 4 is 12.3 Å². The van der Waals surface area contributed by atoms with Gasteiger partial charge in [-0.25, -0.2) is 11.0 Å². The van der Waals surface area contributed by atoms with Gasteiger partial charge >= 0.3 is 5.97 Å². The molecule has 0 spiro atoms. The first-order chi connectivity index (χ1) is 5.77. The van der Waals surface area contributed by atoms with Gasteiger partial charge in [0.2, 0.25) is 0 Å². The van der Waals surface area contributed by atoms with Gasteiger partial charge in [0, 0.05) is 6.54 Å². The van der Waals surface area contributed by atoms with Gasteiger partial charge in [-0.15, -0.1) is 0 Å². The topological polar surface area (TPSA) is 124 Å². The molecule has 0 heterocycles. The van der Waals surface area contributed by atoms with E-state index >= 15 is 0 Å². The van der Waals surface area contributed by atoms with Gasteiger partial charge in [0.25, 0.3) is 0 Å². The maximum Gasteiger partial charge on any atom is 0.304 e. The molecular formula is C4H12N6O2. The average Bonchev–Trinajstić information content (AvgIpc) is 2.02. The highest BCUT2D eigenvalue weighted by Crippen LogP contribution is 1.71. The Morgan fingerprint density at radius 3 is 3.00 bits per heavy atom. The molecule has 0 bridgehead atoms. The molecule has 0 fully saturated rings. The highest BCUT2D eigenvalue weighted by Gasteiger charge is 1.92. The van der Waals surface area contributed by atoms with E-state index in [1.807, 2.05) is 0 Å². The molecule has 0 amide bonds. The molecule has 0 saturated carbocycles. The number of nitrogens with one attached hydrogen (secondary N) is 4. The van der Waals surface area contributed by atoms with Gasteiger partial charge in [-0.05, 0) is 0 Å².